The molecule has 0 aliphatic carbocycles. The lowest BCUT2D eigenvalue weighted by atomic mass is 10.1. The second kappa shape index (κ2) is 10.1. The van der Waals surface area contributed by atoms with Gasteiger partial charge in [-0.15, -0.1) is 0 Å². The molecule has 0 radical (unpaired) electrons. The topological polar surface area (TPSA) is 75.6 Å². The largest absolute Gasteiger partial charge is 0.354 e. The lowest BCUT2D eigenvalue weighted by Gasteiger charge is -2.07. The number of hydrogen-bond acceptors (Lipinski definition) is 5. The maximum Gasteiger partial charge on any atom is 0.316 e. The molecule has 1 fully saturated rings. The van der Waals surface area contributed by atoms with Crippen LogP contribution in [0.4, 0.5) is 0 Å². The van der Waals surface area contributed by atoms with Crippen LogP contribution in [0.15, 0.2) is 0 Å². The molecule has 0 aromatic carbocycles. The van der Waals surface area contributed by atoms with Crippen LogP contribution in [0.25, 0.3) is 0 Å². The molecule has 0 aromatic rings. The summed E-state index contributed by atoms with van der Waals surface area (Å²) < 4.78 is 14.7. The Morgan fingerprint density at radius 3 is 3.00 bits per heavy atom. The van der Waals surface area contributed by atoms with Crippen LogP contribution in [0.1, 0.15) is 32.1 Å². The van der Waals surface area contributed by atoms with Gasteiger partial charge in [-0.1, -0.05) is 28.0 Å². The molecule has 1 aliphatic heterocycles. The number of nitrogens with one attached hydrogen (secondary N) is 1. The predicted molar refractivity (Wildman–Crippen MR) is 77.1 cm³/mol. The minimum atomic E-state index is -2.87. The third kappa shape index (κ3) is 8.43. The molecular formula is C10H20NO4PS2. The number of carbonyl (C=O) groups excluding carboxylic acids is 1. The Labute approximate surface area is 116 Å². The first-order valence-electron chi connectivity index (χ1n) is 6.09. The zero-order valence-corrected chi connectivity index (χ0v) is 12.9. The molecule has 2 N–H and O–H groups in total. The first-order chi connectivity index (χ1) is 8.68. The minimum Gasteiger partial charge on any atom is -0.354 e. The number of hydrogen-bond donors (Lipinski definition) is 2. The highest BCUT2D eigenvalue weighted by Gasteiger charge is 2.15. The van der Waals surface area contributed by atoms with Crippen molar-refractivity contribution in [1.82, 2.24) is 5.32 Å². The van der Waals surface area contributed by atoms with Crippen LogP contribution in [0.5, 0.6) is 0 Å². The summed E-state index contributed by atoms with van der Waals surface area (Å²) in [6.07, 6.45) is 5.01. The van der Waals surface area contributed by atoms with Crippen LogP contribution in [-0.2, 0) is 13.9 Å². The minimum absolute atomic E-state index is 0.00957. The van der Waals surface area contributed by atoms with E-state index in [0.29, 0.717) is 13.0 Å². The summed E-state index contributed by atoms with van der Waals surface area (Å²) >= 11 is 0. The van der Waals surface area contributed by atoms with E-state index in [4.69, 9.17) is 4.89 Å². The summed E-state index contributed by atoms with van der Waals surface area (Å²) in [4.78, 5) is 19.8. The SMILES string of the molecule is O=C(CCCC[C@@H]1CCSS1)NCCO[PH](=O)O. The van der Waals surface area contributed by atoms with E-state index in [2.05, 4.69) is 9.84 Å². The van der Waals surface area contributed by atoms with Gasteiger partial charge in [0, 0.05) is 24.0 Å². The second-order valence-electron chi connectivity index (χ2n) is 4.04. The molecule has 0 spiro atoms. The number of amides is 1. The van der Waals surface area contributed by atoms with E-state index in [1.54, 1.807) is 0 Å². The molecule has 5 nitrogen and oxygen atoms in total. The van der Waals surface area contributed by atoms with Gasteiger partial charge in [-0.2, -0.15) is 0 Å². The summed E-state index contributed by atoms with van der Waals surface area (Å²) in [6, 6.07) is 0. The van der Waals surface area contributed by atoms with Gasteiger partial charge in [-0.05, 0) is 19.3 Å². The van der Waals surface area contributed by atoms with Crippen molar-refractivity contribution in [2.45, 2.75) is 37.4 Å². The van der Waals surface area contributed by atoms with Crippen molar-refractivity contribution in [3.63, 3.8) is 0 Å². The van der Waals surface area contributed by atoms with Crippen LogP contribution in [-0.4, -0.2) is 35.0 Å². The van der Waals surface area contributed by atoms with Crippen LogP contribution >= 0.6 is 29.8 Å². The molecule has 1 aliphatic rings. The fourth-order valence-electron chi connectivity index (χ4n) is 1.64. The summed E-state index contributed by atoms with van der Waals surface area (Å²) in [7, 11) is 1.04. The van der Waals surface area contributed by atoms with Gasteiger partial charge in [0.2, 0.25) is 5.91 Å². The molecule has 8 heteroatoms. The molecular weight excluding hydrogens is 293 g/mol. The molecule has 0 saturated carbocycles. The van der Waals surface area contributed by atoms with Crippen molar-refractivity contribution < 1.29 is 18.8 Å². The predicted octanol–water partition coefficient (Wildman–Crippen LogP) is 2.22. The highest BCUT2D eigenvalue weighted by Crippen LogP contribution is 2.39. The van der Waals surface area contributed by atoms with E-state index in [9.17, 15) is 9.36 Å². The van der Waals surface area contributed by atoms with Gasteiger partial charge >= 0.3 is 8.25 Å². The van der Waals surface area contributed by atoms with Crippen LogP contribution in [0.3, 0.4) is 0 Å². The standard InChI is InChI=1S/C10H20NO4PS2/c12-10(11-6-7-15-16(13)14)4-2-1-3-9-5-8-17-18-9/h9,16H,1-8H2,(H,11,12)(H,13,14)/t9-/m1/s1. The zero-order chi connectivity index (χ0) is 13.2. The highest BCUT2D eigenvalue weighted by atomic mass is 33.1. The third-order valence-electron chi connectivity index (χ3n) is 2.56. The second-order valence-corrected chi connectivity index (χ2v) is 7.65. The van der Waals surface area contributed by atoms with E-state index >= 15 is 0 Å². The monoisotopic (exact) mass is 313 g/mol. The Morgan fingerprint density at radius 2 is 2.33 bits per heavy atom. The molecule has 1 heterocycles. The van der Waals surface area contributed by atoms with Gasteiger partial charge in [0.15, 0.2) is 0 Å². The fourth-order valence-corrected chi connectivity index (χ4v) is 4.94. The summed E-state index contributed by atoms with van der Waals surface area (Å²) in [6.45, 7) is 0.390. The Kier molecular flexibility index (Phi) is 9.23. The van der Waals surface area contributed by atoms with Gasteiger partial charge in [-0.25, -0.2) is 0 Å². The van der Waals surface area contributed by atoms with E-state index < -0.39 is 8.25 Å². The lowest BCUT2D eigenvalue weighted by Crippen LogP contribution is -2.26. The number of carbonyl (C=O) groups is 1. The molecule has 0 aromatic heterocycles. The quantitative estimate of drug-likeness (QED) is 0.386. The molecule has 2 atom stereocenters. The van der Waals surface area contributed by atoms with E-state index in [-0.39, 0.29) is 12.5 Å². The van der Waals surface area contributed by atoms with Gasteiger partial charge in [0.1, 0.15) is 0 Å². The van der Waals surface area contributed by atoms with Crippen molar-refractivity contribution in [2.75, 3.05) is 18.9 Å². The van der Waals surface area contributed by atoms with Gasteiger partial charge in [0.05, 0.1) is 6.61 Å². The molecule has 0 bridgehead atoms. The fraction of sp³-hybridized carbons (Fsp3) is 0.900. The van der Waals surface area contributed by atoms with E-state index in [1.807, 2.05) is 21.6 Å². The van der Waals surface area contributed by atoms with Crippen LogP contribution in [0, 0.1) is 0 Å². The number of rotatable bonds is 9. The molecule has 1 unspecified atom stereocenters. The Balaban J connectivity index is 1.88. The average Bonchev–Trinajstić information content (AvgIpc) is 2.83. The van der Waals surface area contributed by atoms with E-state index in [1.165, 1.54) is 18.6 Å². The first kappa shape index (κ1) is 16.4. The summed E-state index contributed by atoms with van der Waals surface area (Å²) in [5.74, 6) is 1.24. The van der Waals surface area contributed by atoms with E-state index in [0.717, 1.165) is 18.1 Å². The zero-order valence-electron chi connectivity index (χ0n) is 10.2. The summed E-state index contributed by atoms with van der Waals surface area (Å²) in [5, 5.41) is 3.43. The number of unbranched alkanes of at least 4 members (excludes halogenated alkanes) is 1. The lowest BCUT2D eigenvalue weighted by molar-refractivity contribution is -0.121. The maximum atomic E-state index is 11.4. The highest BCUT2D eigenvalue weighted by molar-refractivity contribution is 8.77. The van der Waals surface area contributed by atoms with Crippen molar-refractivity contribution in [3.05, 3.63) is 0 Å². The maximum absolute atomic E-state index is 11.4. The Hall–Kier alpha value is 0.320. The smallest absolute Gasteiger partial charge is 0.316 e. The van der Waals surface area contributed by atoms with Crippen molar-refractivity contribution in [1.29, 1.82) is 0 Å². The summed E-state index contributed by atoms with van der Waals surface area (Å²) in [5.41, 5.74) is 0. The van der Waals surface area contributed by atoms with Crippen LogP contribution in [0.2, 0.25) is 0 Å². The normalized spacial score (nSPS) is 20.8. The van der Waals surface area contributed by atoms with Crippen molar-refractivity contribution in [3.8, 4) is 0 Å². The first-order valence-corrected chi connectivity index (χ1v) is 9.74. The van der Waals surface area contributed by atoms with Crippen LogP contribution < -0.4 is 5.32 Å². The van der Waals surface area contributed by atoms with Gasteiger partial charge in [-0.3, -0.25) is 9.36 Å². The molecule has 1 rings (SSSR count). The average molecular weight is 313 g/mol. The van der Waals surface area contributed by atoms with Gasteiger partial charge in [0.25, 0.3) is 0 Å². The Morgan fingerprint density at radius 1 is 1.50 bits per heavy atom. The van der Waals surface area contributed by atoms with Gasteiger partial charge < -0.3 is 14.7 Å². The molecule has 1 amide bonds. The molecule has 18 heavy (non-hydrogen) atoms. The third-order valence-corrected chi connectivity index (χ3v) is 6.01. The van der Waals surface area contributed by atoms with Crippen molar-refractivity contribution >= 4 is 35.7 Å². The Bertz CT molecular complexity index is 275. The van der Waals surface area contributed by atoms with Crippen molar-refractivity contribution in [2.24, 2.45) is 0 Å². The molecule has 106 valence electrons. The molecule has 1 saturated heterocycles.